The molecule has 0 amide bonds. The molecule has 0 saturated carbocycles. The molecule has 15 heavy (non-hydrogen) atoms. The zero-order valence-electron chi connectivity index (χ0n) is 9.00. The number of benzene rings is 1. The third-order valence-corrected chi connectivity index (χ3v) is 3.10. The van der Waals surface area contributed by atoms with E-state index >= 15 is 0 Å². The lowest BCUT2D eigenvalue weighted by Crippen LogP contribution is -3.00. The fourth-order valence-corrected chi connectivity index (χ4v) is 2.18. The first-order valence-corrected chi connectivity index (χ1v) is 5.19. The maximum atomic E-state index is 5.72. The summed E-state index contributed by atoms with van der Waals surface area (Å²) in [7, 11) is 1.82. The third kappa shape index (κ3) is 2.51. The Labute approximate surface area is 97.4 Å². The molecule has 2 nitrogen and oxygen atoms in total. The van der Waals surface area contributed by atoms with Crippen LogP contribution in [0.15, 0.2) is 30.3 Å². The number of hydrogen-bond acceptors (Lipinski definition) is 2. The molecule has 1 fully saturated rings. The van der Waals surface area contributed by atoms with Crippen molar-refractivity contribution < 1.29 is 17.1 Å². The first-order chi connectivity index (χ1) is 6.87. The van der Waals surface area contributed by atoms with Gasteiger partial charge in [-0.3, -0.25) is 0 Å². The van der Waals surface area contributed by atoms with Crippen LogP contribution in [-0.2, 0) is 10.3 Å². The summed E-state index contributed by atoms with van der Waals surface area (Å²) >= 11 is 0. The zero-order chi connectivity index (χ0) is 9.86. The van der Waals surface area contributed by atoms with Gasteiger partial charge in [-0.05, 0) is 31.5 Å². The van der Waals surface area contributed by atoms with Gasteiger partial charge in [-0.1, -0.05) is 30.3 Å². The molecule has 0 aliphatic carbocycles. The van der Waals surface area contributed by atoms with Crippen LogP contribution in [0.4, 0.5) is 0 Å². The topological polar surface area (TPSA) is 21.3 Å². The molecule has 0 aromatic heterocycles. The van der Waals surface area contributed by atoms with E-state index in [0.717, 1.165) is 25.9 Å². The van der Waals surface area contributed by atoms with Gasteiger partial charge in [-0.15, -0.1) is 0 Å². The van der Waals surface area contributed by atoms with Crippen LogP contribution in [0, 0.1) is 0 Å². The summed E-state index contributed by atoms with van der Waals surface area (Å²) in [6.45, 7) is 2.09. The van der Waals surface area contributed by atoms with Gasteiger partial charge in [0.2, 0.25) is 0 Å². The fraction of sp³-hybridized carbons (Fsp3) is 0.500. The van der Waals surface area contributed by atoms with Crippen LogP contribution in [-0.4, -0.2) is 20.2 Å². The molecule has 1 aliphatic rings. The number of rotatable bonds is 2. The first kappa shape index (κ1) is 12.5. The highest BCUT2D eigenvalue weighted by atomic mass is 35.5. The zero-order valence-corrected chi connectivity index (χ0v) is 9.76. The lowest BCUT2D eigenvalue weighted by molar-refractivity contribution is -0.0391. The summed E-state index contributed by atoms with van der Waals surface area (Å²) in [5.74, 6) is 0. The van der Waals surface area contributed by atoms with E-state index in [1.54, 1.807) is 0 Å². The van der Waals surface area contributed by atoms with Gasteiger partial charge >= 0.3 is 0 Å². The van der Waals surface area contributed by atoms with Crippen LogP contribution in [0.2, 0.25) is 0 Å². The third-order valence-electron chi connectivity index (χ3n) is 3.10. The van der Waals surface area contributed by atoms with E-state index in [0.29, 0.717) is 0 Å². The standard InChI is InChI=1S/C12H17NO.ClH/c1-14-12(7-9-13-10-8-12)11-5-3-2-4-6-11;/h2-6,13H,7-10H2,1H3;1H/p-1. The van der Waals surface area contributed by atoms with Crippen molar-refractivity contribution >= 4 is 0 Å². The minimum atomic E-state index is -0.0491. The lowest BCUT2D eigenvalue weighted by atomic mass is 9.85. The number of halogens is 1. The van der Waals surface area contributed by atoms with Gasteiger partial charge in [0.15, 0.2) is 0 Å². The van der Waals surface area contributed by atoms with Crippen LogP contribution >= 0.6 is 0 Å². The quantitative estimate of drug-likeness (QED) is 0.693. The van der Waals surface area contributed by atoms with E-state index in [2.05, 4.69) is 29.6 Å². The molecular formula is C12H17ClNO-. The van der Waals surface area contributed by atoms with Crippen molar-refractivity contribution in [3.63, 3.8) is 0 Å². The van der Waals surface area contributed by atoms with Crippen molar-refractivity contribution in [3.8, 4) is 0 Å². The predicted molar refractivity (Wildman–Crippen MR) is 57.2 cm³/mol. The summed E-state index contributed by atoms with van der Waals surface area (Å²) in [5, 5.41) is 3.36. The Morgan fingerprint density at radius 3 is 2.27 bits per heavy atom. The molecule has 1 aromatic carbocycles. The normalized spacial score (nSPS) is 19.3. The molecule has 3 heteroatoms. The van der Waals surface area contributed by atoms with E-state index in [9.17, 15) is 0 Å². The van der Waals surface area contributed by atoms with E-state index in [-0.39, 0.29) is 18.0 Å². The summed E-state index contributed by atoms with van der Waals surface area (Å²) < 4.78 is 5.72. The number of methoxy groups -OCH3 is 1. The second-order valence-electron chi connectivity index (χ2n) is 3.81. The van der Waals surface area contributed by atoms with E-state index in [4.69, 9.17) is 4.74 Å². The fourth-order valence-electron chi connectivity index (χ4n) is 2.18. The number of nitrogens with one attached hydrogen (secondary N) is 1. The molecule has 1 heterocycles. The van der Waals surface area contributed by atoms with Crippen molar-refractivity contribution in [3.05, 3.63) is 35.9 Å². The number of piperidine rings is 1. The van der Waals surface area contributed by atoms with Gasteiger partial charge in [0.05, 0.1) is 5.60 Å². The Bertz CT molecular complexity index is 283. The molecule has 0 unspecified atom stereocenters. The SMILES string of the molecule is COC1(c2ccccc2)CCNCC1.[Cl-]. The van der Waals surface area contributed by atoms with Crippen LogP contribution in [0.3, 0.4) is 0 Å². The highest BCUT2D eigenvalue weighted by Gasteiger charge is 2.33. The summed E-state index contributed by atoms with van der Waals surface area (Å²) in [4.78, 5) is 0. The van der Waals surface area contributed by atoms with Crippen LogP contribution in [0.25, 0.3) is 0 Å². The first-order valence-electron chi connectivity index (χ1n) is 5.19. The number of ether oxygens (including phenoxy) is 1. The van der Waals surface area contributed by atoms with E-state index in [1.807, 2.05) is 13.2 Å². The summed E-state index contributed by atoms with van der Waals surface area (Å²) in [6, 6.07) is 10.5. The largest absolute Gasteiger partial charge is 1.00 e. The van der Waals surface area contributed by atoms with Crippen molar-refractivity contribution in [2.75, 3.05) is 20.2 Å². The Hall–Kier alpha value is -0.570. The Balaban J connectivity index is 0.00000112. The molecule has 0 radical (unpaired) electrons. The monoisotopic (exact) mass is 226 g/mol. The molecule has 0 spiro atoms. The van der Waals surface area contributed by atoms with Gasteiger partial charge in [-0.25, -0.2) is 0 Å². The average molecular weight is 227 g/mol. The molecular weight excluding hydrogens is 210 g/mol. The molecule has 1 N–H and O–H groups in total. The minimum Gasteiger partial charge on any atom is -1.00 e. The van der Waals surface area contributed by atoms with Crippen molar-refractivity contribution in [1.82, 2.24) is 5.32 Å². The maximum Gasteiger partial charge on any atom is 0.0951 e. The van der Waals surface area contributed by atoms with Crippen molar-refractivity contribution in [1.29, 1.82) is 0 Å². The molecule has 2 rings (SSSR count). The summed E-state index contributed by atoms with van der Waals surface area (Å²) in [6.07, 6.45) is 2.13. The maximum absolute atomic E-state index is 5.72. The van der Waals surface area contributed by atoms with E-state index < -0.39 is 0 Å². The molecule has 1 aliphatic heterocycles. The van der Waals surface area contributed by atoms with E-state index in [1.165, 1.54) is 5.56 Å². The molecule has 0 atom stereocenters. The van der Waals surface area contributed by atoms with Crippen LogP contribution in [0.1, 0.15) is 18.4 Å². The minimum absolute atomic E-state index is 0. The van der Waals surface area contributed by atoms with Gasteiger partial charge in [0.1, 0.15) is 0 Å². The Morgan fingerprint density at radius 2 is 1.73 bits per heavy atom. The lowest BCUT2D eigenvalue weighted by Gasteiger charge is -2.36. The second kappa shape index (κ2) is 5.50. The Morgan fingerprint density at radius 1 is 1.13 bits per heavy atom. The molecule has 0 bridgehead atoms. The Kier molecular flexibility index (Phi) is 4.58. The highest BCUT2D eigenvalue weighted by molar-refractivity contribution is 5.23. The van der Waals surface area contributed by atoms with Gasteiger partial charge in [0, 0.05) is 7.11 Å². The second-order valence-corrected chi connectivity index (χ2v) is 3.81. The average Bonchev–Trinajstić information content (AvgIpc) is 2.31. The predicted octanol–water partition coefficient (Wildman–Crippen LogP) is -1.08. The smallest absolute Gasteiger partial charge is 0.0951 e. The van der Waals surface area contributed by atoms with Crippen molar-refractivity contribution in [2.45, 2.75) is 18.4 Å². The molecule has 1 aromatic rings. The highest BCUT2D eigenvalue weighted by Crippen LogP contribution is 2.33. The van der Waals surface area contributed by atoms with Crippen LogP contribution < -0.4 is 17.7 Å². The number of hydrogen-bond donors (Lipinski definition) is 1. The van der Waals surface area contributed by atoms with Crippen molar-refractivity contribution in [2.24, 2.45) is 0 Å². The molecule has 1 saturated heterocycles. The van der Waals surface area contributed by atoms with Gasteiger partial charge in [-0.2, -0.15) is 0 Å². The van der Waals surface area contributed by atoms with Gasteiger partial charge < -0.3 is 22.5 Å². The summed E-state index contributed by atoms with van der Waals surface area (Å²) in [5.41, 5.74) is 1.26. The molecule has 84 valence electrons. The van der Waals surface area contributed by atoms with Gasteiger partial charge in [0.25, 0.3) is 0 Å². The van der Waals surface area contributed by atoms with Crippen LogP contribution in [0.5, 0.6) is 0 Å².